The summed E-state index contributed by atoms with van der Waals surface area (Å²) >= 11 is 0. The van der Waals surface area contributed by atoms with Gasteiger partial charge in [0.25, 0.3) is 0 Å². The lowest BCUT2D eigenvalue weighted by atomic mass is 9.79. The maximum absolute atomic E-state index is 13.1. The Morgan fingerprint density at radius 2 is 0.844 bits per heavy atom. The molecule has 0 heterocycles. The number of ether oxygens (including phenoxy) is 1. The monoisotopic (exact) mass is 628 g/mol. The molecule has 0 radical (unpaired) electrons. The molecule has 3 amide bonds. The van der Waals surface area contributed by atoms with Crippen LogP contribution in [0.3, 0.4) is 0 Å². The van der Waals surface area contributed by atoms with Crippen molar-refractivity contribution < 1.29 is 23.9 Å². The van der Waals surface area contributed by atoms with E-state index < -0.39 is 0 Å². The first-order valence-corrected chi connectivity index (χ1v) is 18.5. The molecule has 5 fully saturated rings. The molecule has 0 bridgehead atoms. The van der Waals surface area contributed by atoms with Crippen LogP contribution in [-0.2, 0) is 23.9 Å². The second-order valence-corrected chi connectivity index (χ2v) is 15.2. The number of hydrogen-bond donors (Lipinski definition) is 4. The summed E-state index contributed by atoms with van der Waals surface area (Å²) in [6.45, 7) is 1.64. The van der Waals surface area contributed by atoms with E-state index in [2.05, 4.69) is 21.3 Å². The van der Waals surface area contributed by atoms with E-state index in [0.717, 1.165) is 122 Å². The Kier molecular flexibility index (Phi) is 12.8. The van der Waals surface area contributed by atoms with Crippen molar-refractivity contribution in [1.82, 2.24) is 21.3 Å². The fraction of sp³-hybridized carbons (Fsp3) is 0.889. The van der Waals surface area contributed by atoms with E-state index in [1.165, 1.54) is 0 Å². The minimum Gasteiger partial charge on any atom is -0.375 e. The Labute approximate surface area is 270 Å². The van der Waals surface area contributed by atoms with Gasteiger partial charge in [0.2, 0.25) is 17.7 Å². The van der Waals surface area contributed by atoms with Gasteiger partial charge in [-0.3, -0.25) is 19.2 Å². The van der Waals surface area contributed by atoms with Gasteiger partial charge >= 0.3 is 0 Å². The minimum absolute atomic E-state index is 0.0305. The van der Waals surface area contributed by atoms with Crippen molar-refractivity contribution in [2.45, 2.75) is 172 Å². The average Bonchev–Trinajstić information content (AvgIpc) is 3.07. The first-order chi connectivity index (χ1) is 21.8. The lowest BCUT2D eigenvalue weighted by molar-refractivity contribution is -0.129. The zero-order valence-electron chi connectivity index (χ0n) is 28.0. The highest BCUT2D eigenvalue weighted by Gasteiger charge is 2.34. The summed E-state index contributed by atoms with van der Waals surface area (Å²) in [5.41, 5.74) is 0. The van der Waals surface area contributed by atoms with Crippen molar-refractivity contribution in [3.8, 4) is 0 Å². The van der Waals surface area contributed by atoms with Gasteiger partial charge in [-0.25, -0.2) is 0 Å². The number of carbonyl (C=O) groups is 4. The van der Waals surface area contributed by atoms with E-state index in [1.807, 2.05) is 7.05 Å². The first kappa shape index (κ1) is 34.3. The Hall–Kier alpha value is -2.00. The fourth-order valence-electron chi connectivity index (χ4n) is 8.86. The Morgan fingerprint density at radius 3 is 1.27 bits per heavy atom. The van der Waals surface area contributed by atoms with Crippen LogP contribution in [0.5, 0.6) is 0 Å². The minimum atomic E-state index is -0.0475. The topological polar surface area (TPSA) is 126 Å². The molecule has 0 saturated heterocycles. The number of nitrogens with one attached hydrogen (secondary N) is 4. The summed E-state index contributed by atoms with van der Waals surface area (Å²) in [7, 11) is 2.01. The van der Waals surface area contributed by atoms with Crippen molar-refractivity contribution in [2.75, 3.05) is 7.05 Å². The Balaban J connectivity index is 0.922. The molecule has 0 aliphatic heterocycles. The lowest BCUT2D eigenvalue weighted by Gasteiger charge is -2.36. The van der Waals surface area contributed by atoms with Gasteiger partial charge in [0, 0.05) is 47.8 Å². The van der Waals surface area contributed by atoms with E-state index in [0.29, 0.717) is 12.5 Å². The number of ketones is 1. The molecule has 5 rings (SSSR count). The summed E-state index contributed by atoms with van der Waals surface area (Å²) < 4.78 is 6.52. The highest BCUT2D eigenvalue weighted by molar-refractivity contribution is 5.82. The highest BCUT2D eigenvalue weighted by Crippen LogP contribution is 2.32. The molecule has 2 unspecified atom stereocenters. The molecule has 9 heteroatoms. The number of hydrogen-bond acceptors (Lipinski definition) is 6. The number of rotatable bonds is 10. The van der Waals surface area contributed by atoms with Gasteiger partial charge in [0.15, 0.2) is 0 Å². The second-order valence-electron chi connectivity index (χ2n) is 15.2. The number of carbonyl (C=O) groups excluding carboxylic acids is 4. The summed E-state index contributed by atoms with van der Waals surface area (Å²) in [5.74, 6) is 0.941. The largest absolute Gasteiger partial charge is 0.375 e. The molecule has 0 aromatic rings. The zero-order chi connectivity index (χ0) is 31.8. The average molecular weight is 629 g/mol. The van der Waals surface area contributed by atoms with Crippen LogP contribution < -0.4 is 21.3 Å². The predicted molar refractivity (Wildman–Crippen MR) is 174 cm³/mol. The van der Waals surface area contributed by atoms with E-state index in [-0.39, 0.29) is 77.5 Å². The van der Waals surface area contributed by atoms with Crippen LogP contribution in [0.2, 0.25) is 0 Å². The van der Waals surface area contributed by atoms with Crippen molar-refractivity contribution in [2.24, 2.45) is 23.7 Å². The Morgan fingerprint density at radius 1 is 0.467 bits per heavy atom. The molecule has 0 aromatic carbocycles. The maximum Gasteiger partial charge on any atom is 0.223 e. The molecule has 254 valence electrons. The molecule has 5 aliphatic rings. The standard InChI is InChI=1S/C36H60N4O5/c1-23(41)26-4-3-5-27(22-26)36(44)40-29-12-8-25(9-13-29)35(43)39-31-16-20-33(21-17-31)45-32-18-14-30(15-19-32)38-34(42)24-6-10-28(37-2)11-7-24/h24-33,37H,3-22H2,1-2H3,(H,38,42)(H,39,43)(H,40,44). The summed E-state index contributed by atoms with van der Waals surface area (Å²) in [5, 5.41) is 13.3. The molecular formula is C36H60N4O5. The molecule has 0 aromatic heterocycles. The molecular weight excluding hydrogens is 568 g/mol. The molecule has 0 spiro atoms. The van der Waals surface area contributed by atoms with Crippen LogP contribution in [-0.4, -0.2) is 66.9 Å². The smallest absolute Gasteiger partial charge is 0.223 e. The number of Topliss-reactive ketones (excluding diaryl/α,β-unsaturated/α-hetero) is 1. The van der Waals surface area contributed by atoms with Gasteiger partial charge in [-0.15, -0.1) is 0 Å². The third-order valence-corrected chi connectivity index (χ3v) is 12.0. The molecule has 5 aliphatic carbocycles. The van der Waals surface area contributed by atoms with Gasteiger partial charge in [-0.05, 0) is 136 Å². The quantitative estimate of drug-likeness (QED) is 0.278. The SMILES string of the molecule is CNC1CCC(C(=O)NC2CCC(OC3CCC(NC(=O)C4CCC(NC(=O)C5CCCC(C(C)=O)C5)CC4)CC3)CC2)CC1. The van der Waals surface area contributed by atoms with E-state index in [9.17, 15) is 19.2 Å². The van der Waals surface area contributed by atoms with Gasteiger partial charge in [0.05, 0.1) is 12.2 Å². The normalized spacial score (nSPS) is 37.6. The van der Waals surface area contributed by atoms with E-state index in [1.54, 1.807) is 6.92 Å². The third kappa shape index (κ3) is 9.99. The van der Waals surface area contributed by atoms with Crippen LogP contribution in [0.25, 0.3) is 0 Å². The second kappa shape index (κ2) is 16.7. The predicted octanol–water partition coefficient (Wildman–Crippen LogP) is 4.71. The maximum atomic E-state index is 13.1. The van der Waals surface area contributed by atoms with Crippen LogP contribution >= 0.6 is 0 Å². The molecule has 2 atom stereocenters. The summed E-state index contributed by atoms with van der Waals surface area (Å²) in [6, 6.07) is 1.22. The van der Waals surface area contributed by atoms with Crippen LogP contribution in [0.4, 0.5) is 0 Å². The lowest BCUT2D eigenvalue weighted by Crippen LogP contribution is -2.46. The molecule has 5 saturated carbocycles. The molecule has 45 heavy (non-hydrogen) atoms. The summed E-state index contributed by atoms with van der Waals surface area (Å²) in [6.07, 6.45) is 19.4. The van der Waals surface area contributed by atoms with Crippen LogP contribution in [0.1, 0.15) is 135 Å². The van der Waals surface area contributed by atoms with E-state index in [4.69, 9.17) is 4.74 Å². The van der Waals surface area contributed by atoms with Crippen LogP contribution in [0, 0.1) is 23.7 Å². The molecule has 9 nitrogen and oxygen atoms in total. The third-order valence-electron chi connectivity index (χ3n) is 12.0. The number of amides is 3. The highest BCUT2D eigenvalue weighted by atomic mass is 16.5. The van der Waals surface area contributed by atoms with Gasteiger partial charge in [0.1, 0.15) is 5.78 Å². The summed E-state index contributed by atoms with van der Waals surface area (Å²) in [4.78, 5) is 50.5. The van der Waals surface area contributed by atoms with Crippen molar-refractivity contribution in [3.63, 3.8) is 0 Å². The Bertz CT molecular complexity index is 989. The van der Waals surface area contributed by atoms with Crippen molar-refractivity contribution in [3.05, 3.63) is 0 Å². The fourth-order valence-corrected chi connectivity index (χ4v) is 8.86. The van der Waals surface area contributed by atoms with Crippen molar-refractivity contribution >= 4 is 23.5 Å². The van der Waals surface area contributed by atoms with Crippen LogP contribution in [0.15, 0.2) is 0 Å². The van der Waals surface area contributed by atoms with Gasteiger partial charge < -0.3 is 26.0 Å². The van der Waals surface area contributed by atoms with Gasteiger partial charge in [-0.2, -0.15) is 0 Å². The zero-order valence-corrected chi connectivity index (χ0v) is 28.0. The van der Waals surface area contributed by atoms with Gasteiger partial charge in [-0.1, -0.05) is 6.42 Å². The van der Waals surface area contributed by atoms with Crippen molar-refractivity contribution in [1.29, 1.82) is 0 Å². The van der Waals surface area contributed by atoms with E-state index >= 15 is 0 Å². The molecule has 4 N–H and O–H groups in total. The first-order valence-electron chi connectivity index (χ1n) is 18.5.